The van der Waals surface area contributed by atoms with E-state index >= 15 is 0 Å². The van der Waals surface area contributed by atoms with Crippen LogP contribution in [-0.2, 0) is 9.53 Å². The molecule has 0 aromatic carbocycles. The molecule has 0 radical (unpaired) electrons. The lowest BCUT2D eigenvalue weighted by molar-refractivity contribution is -0.148. The van der Waals surface area contributed by atoms with E-state index in [0.29, 0.717) is 6.04 Å². The Morgan fingerprint density at radius 2 is 2.08 bits per heavy atom. The number of hydrogen-bond acceptors (Lipinski definition) is 3. The third-order valence-electron chi connectivity index (χ3n) is 3.03. The Balaban J connectivity index is 1.99. The predicted molar refractivity (Wildman–Crippen MR) is 49.4 cm³/mol. The van der Waals surface area contributed by atoms with E-state index < -0.39 is 0 Å². The second-order valence-electron chi connectivity index (χ2n) is 4.00. The summed E-state index contributed by atoms with van der Waals surface area (Å²) in [4.78, 5) is 13.8. The summed E-state index contributed by atoms with van der Waals surface area (Å²) in [5, 5.41) is 0. The zero-order valence-corrected chi connectivity index (χ0v) is 8.16. The highest BCUT2D eigenvalue weighted by molar-refractivity contribution is 5.75. The Kier molecular flexibility index (Phi) is 2.54. The molecule has 0 N–H and O–H groups in total. The molecule has 2 rings (SSSR count). The van der Waals surface area contributed by atoms with Gasteiger partial charge >= 0.3 is 5.97 Å². The lowest BCUT2D eigenvalue weighted by Crippen LogP contribution is -2.46. The smallest absolute Gasteiger partial charge is 0.323 e. The standard InChI is InChI=1S/C10H17NO2/c1-13-10(12)9-4-2-3-7-11(9)8-5-6-8/h8-9H,2-7H2,1H3. The Morgan fingerprint density at radius 1 is 1.31 bits per heavy atom. The second kappa shape index (κ2) is 3.66. The minimum atomic E-state index is -0.0356. The molecule has 1 aliphatic carbocycles. The molecule has 0 bridgehead atoms. The van der Waals surface area contributed by atoms with Crippen molar-refractivity contribution in [2.75, 3.05) is 13.7 Å². The highest BCUT2D eigenvalue weighted by atomic mass is 16.5. The van der Waals surface area contributed by atoms with Crippen LogP contribution < -0.4 is 0 Å². The molecule has 13 heavy (non-hydrogen) atoms. The zero-order chi connectivity index (χ0) is 9.26. The van der Waals surface area contributed by atoms with Gasteiger partial charge in [0, 0.05) is 6.04 Å². The quantitative estimate of drug-likeness (QED) is 0.602. The maximum absolute atomic E-state index is 11.4. The minimum absolute atomic E-state index is 0.0356. The summed E-state index contributed by atoms with van der Waals surface area (Å²) in [5.41, 5.74) is 0. The predicted octanol–water partition coefficient (Wildman–Crippen LogP) is 1.18. The minimum Gasteiger partial charge on any atom is -0.468 e. The Hall–Kier alpha value is -0.570. The van der Waals surface area contributed by atoms with Crippen LogP contribution in [0.3, 0.4) is 0 Å². The molecule has 1 aliphatic heterocycles. The van der Waals surface area contributed by atoms with Crippen molar-refractivity contribution in [2.45, 2.75) is 44.2 Å². The van der Waals surface area contributed by atoms with Gasteiger partial charge in [-0.25, -0.2) is 0 Å². The number of esters is 1. The number of likely N-dealkylation sites (tertiary alicyclic amines) is 1. The summed E-state index contributed by atoms with van der Waals surface area (Å²) in [6.07, 6.45) is 5.94. The number of piperidine rings is 1. The molecular weight excluding hydrogens is 166 g/mol. The summed E-state index contributed by atoms with van der Waals surface area (Å²) in [7, 11) is 1.49. The van der Waals surface area contributed by atoms with E-state index in [4.69, 9.17) is 4.74 Å². The summed E-state index contributed by atoms with van der Waals surface area (Å²) in [5.74, 6) is -0.0356. The molecule has 1 saturated carbocycles. The molecule has 0 aromatic heterocycles. The first-order valence-electron chi connectivity index (χ1n) is 5.16. The second-order valence-corrected chi connectivity index (χ2v) is 4.00. The summed E-state index contributed by atoms with van der Waals surface area (Å²) in [6, 6.07) is 0.746. The molecular formula is C10H17NO2. The van der Waals surface area contributed by atoms with E-state index in [2.05, 4.69) is 4.90 Å². The molecule has 1 unspecified atom stereocenters. The maximum Gasteiger partial charge on any atom is 0.323 e. The number of ether oxygens (including phenoxy) is 1. The molecule has 3 nitrogen and oxygen atoms in total. The molecule has 1 atom stereocenters. The van der Waals surface area contributed by atoms with Gasteiger partial charge in [0.2, 0.25) is 0 Å². The number of rotatable bonds is 2. The van der Waals surface area contributed by atoms with Crippen LogP contribution >= 0.6 is 0 Å². The van der Waals surface area contributed by atoms with Gasteiger partial charge in [0.25, 0.3) is 0 Å². The Labute approximate surface area is 79.0 Å². The van der Waals surface area contributed by atoms with E-state index in [9.17, 15) is 4.79 Å². The van der Waals surface area contributed by atoms with Crippen LogP contribution in [0.2, 0.25) is 0 Å². The highest BCUT2D eigenvalue weighted by Gasteiger charge is 2.38. The average molecular weight is 183 g/mol. The van der Waals surface area contributed by atoms with Crippen LogP contribution in [-0.4, -0.2) is 36.6 Å². The van der Waals surface area contributed by atoms with E-state index in [1.165, 1.54) is 32.8 Å². The van der Waals surface area contributed by atoms with Gasteiger partial charge in [0.15, 0.2) is 0 Å². The molecule has 1 saturated heterocycles. The number of carbonyl (C=O) groups excluding carboxylic acids is 1. The molecule has 1 heterocycles. The van der Waals surface area contributed by atoms with E-state index in [1.807, 2.05) is 0 Å². The number of methoxy groups -OCH3 is 1. The van der Waals surface area contributed by atoms with E-state index in [0.717, 1.165) is 13.0 Å². The Bertz CT molecular complexity index is 201. The fraction of sp³-hybridized carbons (Fsp3) is 0.900. The third-order valence-corrected chi connectivity index (χ3v) is 3.03. The van der Waals surface area contributed by atoms with Crippen LogP contribution in [0.25, 0.3) is 0 Å². The summed E-state index contributed by atoms with van der Waals surface area (Å²) < 4.78 is 4.82. The van der Waals surface area contributed by atoms with Gasteiger partial charge in [-0.2, -0.15) is 0 Å². The van der Waals surface area contributed by atoms with Gasteiger partial charge in [-0.3, -0.25) is 9.69 Å². The fourth-order valence-corrected chi connectivity index (χ4v) is 2.19. The molecule has 2 fully saturated rings. The van der Waals surface area contributed by atoms with Gasteiger partial charge < -0.3 is 4.74 Å². The van der Waals surface area contributed by atoms with Crippen LogP contribution in [0.1, 0.15) is 32.1 Å². The van der Waals surface area contributed by atoms with Gasteiger partial charge in [-0.05, 0) is 32.2 Å². The lowest BCUT2D eigenvalue weighted by Gasteiger charge is -2.33. The van der Waals surface area contributed by atoms with Crippen molar-refractivity contribution in [1.29, 1.82) is 0 Å². The average Bonchev–Trinajstić information content (AvgIpc) is 3.00. The van der Waals surface area contributed by atoms with Crippen molar-refractivity contribution in [3.8, 4) is 0 Å². The van der Waals surface area contributed by atoms with Crippen LogP contribution in [0, 0.1) is 0 Å². The molecule has 0 spiro atoms. The van der Waals surface area contributed by atoms with Crippen LogP contribution in [0.15, 0.2) is 0 Å². The number of nitrogens with zero attached hydrogens (tertiary/aromatic N) is 1. The lowest BCUT2D eigenvalue weighted by atomic mass is 10.0. The highest BCUT2D eigenvalue weighted by Crippen LogP contribution is 2.32. The summed E-state index contributed by atoms with van der Waals surface area (Å²) >= 11 is 0. The van der Waals surface area contributed by atoms with Crippen molar-refractivity contribution in [3.63, 3.8) is 0 Å². The molecule has 2 aliphatic rings. The first-order valence-corrected chi connectivity index (χ1v) is 5.16. The van der Waals surface area contributed by atoms with Crippen LogP contribution in [0.5, 0.6) is 0 Å². The van der Waals surface area contributed by atoms with Gasteiger partial charge in [0.1, 0.15) is 6.04 Å². The number of hydrogen-bond donors (Lipinski definition) is 0. The Morgan fingerprint density at radius 3 is 2.69 bits per heavy atom. The van der Waals surface area contributed by atoms with Crippen molar-refractivity contribution >= 4 is 5.97 Å². The fourth-order valence-electron chi connectivity index (χ4n) is 2.19. The molecule has 3 heteroatoms. The summed E-state index contributed by atoms with van der Waals surface area (Å²) in [6.45, 7) is 1.09. The van der Waals surface area contributed by atoms with Crippen LogP contribution in [0.4, 0.5) is 0 Å². The topological polar surface area (TPSA) is 29.5 Å². The first-order chi connectivity index (χ1) is 6.33. The molecule has 74 valence electrons. The van der Waals surface area contributed by atoms with Gasteiger partial charge in [-0.1, -0.05) is 6.42 Å². The van der Waals surface area contributed by atoms with Gasteiger partial charge in [-0.15, -0.1) is 0 Å². The van der Waals surface area contributed by atoms with Crippen molar-refractivity contribution in [1.82, 2.24) is 4.90 Å². The first kappa shape index (κ1) is 9.00. The van der Waals surface area contributed by atoms with E-state index in [-0.39, 0.29) is 12.0 Å². The van der Waals surface area contributed by atoms with Crippen molar-refractivity contribution < 1.29 is 9.53 Å². The monoisotopic (exact) mass is 183 g/mol. The SMILES string of the molecule is COC(=O)C1CCCCN1C1CC1. The number of carbonyl (C=O) groups is 1. The molecule has 0 aromatic rings. The van der Waals surface area contributed by atoms with Gasteiger partial charge in [0.05, 0.1) is 7.11 Å². The van der Waals surface area contributed by atoms with Crippen molar-refractivity contribution in [2.24, 2.45) is 0 Å². The van der Waals surface area contributed by atoms with E-state index in [1.54, 1.807) is 0 Å². The zero-order valence-electron chi connectivity index (χ0n) is 8.16. The van der Waals surface area contributed by atoms with Crippen molar-refractivity contribution in [3.05, 3.63) is 0 Å². The third kappa shape index (κ3) is 1.85. The maximum atomic E-state index is 11.4. The normalized spacial score (nSPS) is 30.1. The largest absolute Gasteiger partial charge is 0.468 e. The molecule has 0 amide bonds.